The van der Waals surface area contributed by atoms with Gasteiger partial charge in [-0.1, -0.05) is 97.3 Å². The van der Waals surface area contributed by atoms with Crippen LogP contribution < -0.4 is 4.74 Å². The first kappa shape index (κ1) is 36.1. The summed E-state index contributed by atoms with van der Waals surface area (Å²) in [7, 11) is 0. The van der Waals surface area contributed by atoms with Crippen LogP contribution in [-0.4, -0.2) is 26.0 Å². The van der Waals surface area contributed by atoms with E-state index in [-0.39, 0.29) is 37.3 Å². The Morgan fingerprint density at radius 1 is 0.769 bits per heavy atom. The Morgan fingerprint density at radius 3 is 2.17 bits per heavy atom. The van der Waals surface area contributed by atoms with Gasteiger partial charge >= 0.3 is 21.1 Å². The molecular formula is C45H46N4O2Pt. The van der Waals surface area contributed by atoms with E-state index in [1.807, 2.05) is 25.3 Å². The van der Waals surface area contributed by atoms with E-state index in [1.54, 1.807) is 0 Å². The summed E-state index contributed by atoms with van der Waals surface area (Å²) in [5.74, 6) is 2.27. The van der Waals surface area contributed by atoms with Crippen molar-refractivity contribution in [3.8, 4) is 17.4 Å². The number of aliphatic imine (C=N–C) groups is 1. The zero-order valence-corrected chi connectivity index (χ0v) is 34.2. The van der Waals surface area contributed by atoms with E-state index >= 15 is 0 Å². The maximum atomic E-state index is 6.86. The first-order valence-electron chi connectivity index (χ1n) is 17.9. The van der Waals surface area contributed by atoms with E-state index in [4.69, 9.17) is 24.4 Å². The van der Waals surface area contributed by atoms with Gasteiger partial charge in [-0.15, -0.1) is 35.2 Å². The molecule has 3 aromatic heterocycles. The predicted octanol–water partition coefficient (Wildman–Crippen LogP) is 10.6. The molecule has 3 aromatic carbocycles. The van der Waals surface area contributed by atoms with Crippen LogP contribution in [0.4, 0.5) is 0 Å². The van der Waals surface area contributed by atoms with Crippen molar-refractivity contribution in [2.75, 3.05) is 0 Å². The third kappa shape index (κ3) is 5.35. The number of aryl methyl sites for hydroxylation is 1. The van der Waals surface area contributed by atoms with E-state index in [2.05, 4.69) is 147 Å². The van der Waals surface area contributed by atoms with Crippen LogP contribution in [0.5, 0.6) is 11.6 Å². The first-order valence-corrected chi connectivity index (χ1v) is 17.9. The molecule has 0 saturated heterocycles. The van der Waals surface area contributed by atoms with Gasteiger partial charge in [0.05, 0.1) is 0 Å². The number of benzene rings is 3. The van der Waals surface area contributed by atoms with Gasteiger partial charge in [0.15, 0.2) is 5.88 Å². The molecule has 2 aliphatic rings. The van der Waals surface area contributed by atoms with Gasteiger partial charge < -0.3 is 14.0 Å². The Morgan fingerprint density at radius 2 is 1.46 bits per heavy atom. The van der Waals surface area contributed by atoms with Crippen molar-refractivity contribution in [2.45, 2.75) is 104 Å². The minimum absolute atomic E-state index is 0. The van der Waals surface area contributed by atoms with Gasteiger partial charge in [-0.25, -0.2) is 9.97 Å². The van der Waals surface area contributed by atoms with Gasteiger partial charge in [-0.2, -0.15) is 6.07 Å². The Balaban J connectivity index is 0.00000420. The van der Waals surface area contributed by atoms with E-state index in [9.17, 15) is 0 Å². The molecule has 8 rings (SSSR count). The fourth-order valence-corrected chi connectivity index (χ4v) is 8.05. The van der Waals surface area contributed by atoms with Crippen molar-refractivity contribution in [3.63, 3.8) is 0 Å². The van der Waals surface area contributed by atoms with Gasteiger partial charge in [-0.05, 0) is 83.1 Å². The molecule has 2 atom stereocenters. The third-order valence-corrected chi connectivity index (χ3v) is 11.5. The molecule has 6 nitrogen and oxygen atoms in total. The molecule has 1 aliphatic heterocycles. The molecule has 0 fully saturated rings. The van der Waals surface area contributed by atoms with Crippen LogP contribution in [0.15, 0.2) is 84.0 Å². The van der Waals surface area contributed by atoms with Gasteiger partial charge in [0, 0.05) is 22.9 Å². The average Bonchev–Trinajstić information content (AvgIpc) is 3.59. The molecule has 0 radical (unpaired) electrons. The summed E-state index contributed by atoms with van der Waals surface area (Å²) in [5.41, 5.74) is 7.00. The fraction of sp³-hybridized carbons (Fsp3) is 0.356. The quantitative estimate of drug-likeness (QED) is 0.166. The number of aromatic nitrogens is 3. The van der Waals surface area contributed by atoms with Crippen LogP contribution in [-0.2, 0) is 47.6 Å². The van der Waals surface area contributed by atoms with Crippen LogP contribution in [0.2, 0.25) is 0 Å². The van der Waals surface area contributed by atoms with Crippen LogP contribution in [0.25, 0.3) is 27.6 Å². The summed E-state index contributed by atoms with van der Waals surface area (Å²) >= 11 is 0. The molecule has 0 bridgehead atoms. The SMILES string of the molecule is Cc1cc(C2=N[C@]3(C)c4ccccc4C(C)(C)[C@]3(C)O2)[c-]c(Oc2[c-]c3c(cc2)c2cc(C(C)(C)C)ccc2n3-c2cc(C(C)(C)C)ccn2)n1.[Pt+2]. The second kappa shape index (κ2) is 11.9. The molecular weight excluding hydrogens is 824 g/mol. The summed E-state index contributed by atoms with van der Waals surface area (Å²) in [4.78, 5) is 14.9. The Labute approximate surface area is 322 Å². The van der Waals surface area contributed by atoms with Crippen molar-refractivity contribution in [3.05, 3.63) is 125 Å². The maximum absolute atomic E-state index is 6.86. The molecule has 0 amide bonds. The number of fused-ring (bicyclic) bond motifs is 6. The number of rotatable bonds is 4. The number of hydrogen-bond acceptors (Lipinski definition) is 5. The number of hydrogen-bond donors (Lipinski definition) is 0. The van der Waals surface area contributed by atoms with Crippen molar-refractivity contribution >= 4 is 27.7 Å². The van der Waals surface area contributed by atoms with Gasteiger partial charge in [0.25, 0.3) is 0 Å². The minimum atomic E-state index is -0.581. The standard InChI is InChI=1S/C45H46N4O2.Pt/c1-27-22-28(40-48-44(10)35-15-13-12-14-34(35)43(8,9)45(44,11)51-40)23-39(47-27)50-31-17-18-32-33-24-29(41(2,3)4)16-19-36(33)49(37(32)26-31)38-25-30(20-21-46-38)42(5,6)7;/h12-22,24-25H,1-11H3;/q-2;+2/t44-,45+;/m1./s1. The number of pyridine rings is 2. The van der Waals surface area contributed by atoms with Crippen molar-refractivity contribution in [1.82, 2.24) is 14.5 Å². The second-order valence-corrected chi connectivity index (χ2v) is 17.2. The number of ether oxygens (including phenoxy) is 2. The van der Waals surface area contributed by atoms with Crippen LogP contribution >= 0.6 is 0 Å². The molecule has 0 saturated carbocycles. The predicted molar refractivity (Wildman–Crippen MR) is 206 cm³/mol. The van der Waals surface area contributed by atoms with Crippen LogP contribution in [0.1, 0.15) is 103 Å². The summed E-state index contributed by atoms with van der Waals surface area (Å²) < 4.78 is 15.5. The first-order chi connectivity index (χ1) is 23.9. The molecule has 0 spiro atoms. The second-order valence-electron chi connectivity index (χ2n) is 17.2. The molecule has 6 aromatic rings. The smallest absolute Gasteiger partial charge is 0.525 e. The fourth-order valence-electron chi connectivity index (χ4n) is 8.05. The molecule has 52 heavy (non-hydrogen) atoms. The third-order valence-electron chi connectivity index (χ3n) is 11.5. The van der Waals surface area contributed by atoms with Gasteiger partial charge in [0.2, 0.25) is 0 Å². The van der Waals surface area contributed by atoms with Crippen molar-refractivity contribution in [1.29, 1.82) is 0 Å². The summed E-state index contributed by atoms with van der Waals surface area (Å²) in [6, 6.07) is 32.6. The van der Waals surface area contributed by atoms with Crippen molar-refractivity contribution < 1.29 is 30.5 Å². The Kier molecular flexibility index (Phi) is 8.24. The summed E-state index contributed by atoms with van der Waals surface area (Å²) in [6.07, 6.45) is 1.90. The van der Waals surface area contributed by atoms with Crippen LogP contribution in [0.3, 0.4) is 0 Å². The maximum Gasteiger partial charge on any atom is 2.00 e. The zero-order valence-electron chi connectivity index (χ0n) is 31.9. The summed E-state index contributed by atoms with van der Waals surface area (Å²) in [5, 5.41) is 2.23. The average molecular weight is 870 g/mol. The molecule has 0 unspecified atom stereocenters. The monoisotopic (exact) mass is 869 g/mol. The molecule has 4 heterocycles. The summed E-state index contributed by atoms with van der Waals surface area (Å²) in [6.45, 7) is 24.2. The Hall–Kier alpha value is -4.28. The minimum Gasteiger partial charge on any atom is -0.525 e. The topological polar surface area (TPSA) is 61.5 Å². The Bertz CT molecular complexity index is 2430. The van der Waals surface area contributed by atoms with E-state index in [0.717, 1.165) is 38.9 Å². The normalized spacial score (nSPS) is 20.6. The van der Waals surface area contributed by atoms with E-state index in [1.165, 1.54) is 22.3 Å². The molecule has 0 N–H and O–H groups in total. The van der Waals surface area contributed by atoms with Gasteiger partial charge in [-0.3, -0.25) is 4.99 Å². The molecule has 268 valence electrons. The van der Waals surface area contributed by atoms with E-state index < -0.39 is 11.1 Å². The van der Waals surface area contributed by atoms with Crippen LogP contribution in [0, 0.1) is 19.1 Å². The largest absolute Gasteiger partial charge is 2.00 e. The molecule has 1 aliphatic carbocycles. The molecule has 7 heteroatoms. The van der Waals surface area contributed by atoms with E-state index in [0.29, 0.717) is 17.5 Å². The van der Waals surface area contributed by atoms with Gasteiger partial charge in [0.1, 0.15) is 22.9 Å². The number of nitrogens with zero attached hydrogens (tertiary/aromatic N) is 4. The zero-order chi connectivity index (χ0) is 36.3. The van der Waals surface area contributed by atoms with Crippen molar-refractivity contribution in [2.24, 2.45) is 4.99 Å².